The molecule has 0 unspecified atom stereocenters. The zero-order valence-corrected chi connectivity index (χ0v) is 14.7. The van der Waals surface area contributed by atoms with E-state index in [1.165, 1.54) is 11.3 Å². The van der Waals surface area contributed by atoms with Crippen LogP contribution in [0.25, 0.3) is 0 Å². The van der Waals surface area contributed by atoms with Crippen molar-refractivity contribution in [3.8, 4) is 0 Å². The van der Waals surface area contributed by atoms with Gasteiger partial charge in [0.05, 0.1) is 5.00 Å². The zero-order chi connectivity index (χ0) is 17.1. The Bertz CT molecular complexity index is 741. The van der Waals surface area contributed by atoms with Gasteiger partial charge in [-0.15, -0.1) is 11.3 Å². The molecule has 2 aromatic rings. The first-order chi connectivity index (χ1) is 11.5. The maximum absolute atomic E-state index is 12.4. The van der Waals surface area contributed by atoms with Crippen LogP contribution in [0.4, 0.5) is 21.2 Å². The summed E-state index contributed by atoms with van der Waals surface area (Å²) in [5.74, 6) is 0.0748. The van der Waals surface area contributed by atoms with Crippen molar-refractivity contribution < 1.29 is 9.59 Å². The van der Waals surface area contributed by atoms with E-state index in [1.54, 1.807) is 0 Å². The highest BCUT2D eigenvalue weighted by molar-refractivity contribution is 7.14. The lowest BCUT2D eigenvalue weighted by molar-refractivity contribution is -0.121. The smallest absolute Gasteiger partial charge is 0.312 e. The summed E-state index contributed by atoms with van der Waals surface area (Å²) in [6.45, 7) is 4.55. The van der Waals surface area contributed by atoms with Crippen LogP contribution in [0.2, 0.25) is 0 Å². The van der Waals surface area contributed by atoms with Crippen molar-refractivity contribution in [1.82, 2.24) is 0 Å². The van der Waals surface area contributed by atoms with Crippen molar-refractivity contribution in [1.29, 1.82) is 0 Å². The second-order valence-electron chi connectivity index (χ2n) is 6.15. The van der Waals surface area contributed by atoms with Gasteiger partial charge in [0, 0.05) is 23.8 Å². The fourth-order valence-corrected chi connectivity index (χ4v) is 3.43. The number of anilines is 3. The van der Waals surface area contributed by atoms with E-state index in [1.807, 2.05) is 54.5 Å². The molecule has 1 aromatic carbocycles. The van der Waals surface area contributed by atoms with Gasteiger partial charge in [0.15, 0.2) is 0 Å². The number of benzene rings is 1. The fourth-order valence-electron chi connectivity index (χ4n) is 2.82. The van der Waals surface area contributed by atoms with E-state index in [2.05, 4.69) is 10.6 Å². The SMILES string of the molecule is CC(C)C(=O)N1CCCc2ccc(NC(=O)Nc3cccs3)cc21. The van der Waals surface area contributed by atoms with Crippen LogP contribution >= 0.6 is 11.3 Å². The third-order valence-electron chi connectivity index (χ3n) is 3.98. The molecular formula is C18H21N3O2S. The van der Waals surface area contributed by atoms with E-state index in [9.17, 15) is 9.59 Å². The highest BCUT2D eigenvalue weighted by Crippen LogP contribution is 2.31. The number of rotatable bonds is 3. The molecule has 1 aromatic heterocycles. The summed E-state index contributed by atoms with van der Waals surface area (Å²) in [6, 6.07) is 9.22. The van der Waals surface area contributed by atoms with Gasteiger partial charge in [0.2, 0.25) is 5.91 Å². The number of hydrogen-bond donors (Lipinski definition) is 2. The number of aryl methyl sites for hydroxylation is 1. The molecule has 24 heavy (non-hydrogen) atoms. The van der Waals surface area contributed by atoms with Gasteiger partial charge < -0.3 is 10.2 Å². The van der Waals surface area contributed by atoms with Crippen molar-refractivity contribution >= 4 is 39.7 Å². The van der Waals surface area contributed by atoms with Crippen LogP contribution in [0, 0.1) is 5.92 Å². The van der Waals surface area contributed by atoms with Crippen LogP contribution < -0.4 is 15.5 Å². The normalized spacial score (nSPS) is 13.5. The van der Waals surface area contributed by atoms with Gasteiger partial charge in [0.1, 0.15) is 0 Å². The van der Waals surface area contributed by atoms with Crippen molar-refractivity contribution in [3.05, 3.63) is 41.3 Å². The molecule has 0 radical (unpaired) electrons. The van der Waals surface area contributed by atoms with Crippen LogP contribution in [0.1, 0.15) is 25.8 Å². The molecule has 0 spiro atoms. The molecule has 1 aliphatic rings. The lowest BCUT2D eigenvalue weighted by Crippen LogP contribution is -2.38. The topological polar surface area (TPSA) is 61.4 Å². The minimum absolute atomic E-state index is 0.0466. The van der Waals surface area contributed by atoms with E-state index in [4.69, 9.17) is 0 Å². The lowest BCUT2D eigenvalue weighted by Gasteiger charge is -2.31. The summed E-state index contributed by atoms with van der Waals surface area (Å²) in [6.07, 6.45) is 1.93. The van der Waals surface area contributed by atoms with Crippen molar-refractivity contribution in [3.63, 3.8) is 0 Å². The monoisotopic (exact) mass is 343 g/mol. The fraction of sp³-hybridized carbons (Fsp3) is 0.333. The van der Waals surface area contributed by atoms with Crippen molar-refractivity contribution in [2.45, 2.75) is 26.7 Å². The number of fused-ring (bicyclic) bond motifs is 1. The van der Waals surface area contributed by atoms with E-state index in [-0.39, 0.29) is 17.9 Å². The predicted octanol–water partition coefficient (Wildman–Crippen LogP) is 4.33. The van der Waals surface area contributed by atoms with Crippen LogP contribution in [-0.4, -0.2) is 18.5 Å². The van der Waals surface area contributed by atoms with Gasteiger partial charge in [-0.1, -0.05) is 19.9 Å². The number of carbonyl (C=O) groups is 2. The molecule has 5 nitrogen and oxygen atoms in total. The number of amides is 3. The zero-order valence-electron chi connectivity index (χ0n) is 13.8. The Balaban J connectivity index is 1.78. The van der Waals surface area contributed by atoms with Gasteiger partial charge in [0.25, 0.3) is 0 Å². The standard InChI is InChI=1S/C18H21N3O2S/c1-12(2)17(22)21-9-3-5-13-7-8-14(11-15(13)21)19-18(23)20-16-6-4-10-24-16/h4,6-8,10-12H,3,5,9H2,1-2H3,(H2,19,20,23). The second-order valence-corrected chi connectivity index (χ2v) is 7.10. The third-order valence-corrected chi connectivity index (χ3v) is 4.76. The van der Waals surface area contributed by atoms with Crippen molar-refractivity contribution in [2.75, 3.05) is 22.1 Å². The summed E-state index contributed by atoms with van der Waals surface area (Å²) >= 11 is 1.47. The largest absolute Gasteiger partial charge is 0.324 e. The number of urea groups is 1. The molecule has 0 saturated heterocycles. The Hall–Kier alpha value is -2.34. The van der Waals surface area contributed by atoms with Crippen LogP contribution in [0.5, 0.6) is 0 Å². The average Bonchev–Trinajstić information content (AvgIpc) is 3.06. The van der Waals surface area contributed by atoms with Crippen LogP contribution in [0.15, 0.2) is 35.7 Å². The molecule has 3 amide bonds. The Kier molecular flexibility index (Phi) is 4.85. The maximum Gasteiger partial charge on any atom is 0.324 e. The Labute approximate surface area is 145 Å². The molecule has 2 N–H and O–H groups in total. The summed E-state index contributed by atoms with van der Waals surface area (Å²) < 4.78 is 0. The molecule has 126 valence electrons. The second kappa shape index (κ2) is 7.05. The highest BCUT2D eigenvalue weighted by atomic mass is 32.1. The Morgan fingerprint density at radius 3 is 2.75 bits per heavy atom. The minimum Gasteiger partial charge on any atom is -0.312 e. The molecule has 0 atom stereocenters. The number of carbonyl (C=O) groups excluding carboxylic acids is 2. The van der Waals surface area contributed by atoms with Gasteiger partial charge in [-0.25, -0.2) is 4.79 Å². The number of nitrogens with zero attached hydrogens (tertiary/aromatic N) is 1. The number of nitrogens with one attached hydrogen (secondary N) is 2. The van der Waals surface area contributed by atoms with Crippen molar-refractivity contribution in [2.24, 2.45) is 5.92 Å². The maximum atomic E-state index is 12.4. The molecule has 6 heteroatoms. The third kappa shape index (κ3) is 3.59. The van der Waals surface area contributed by atoms with Gasteiger partial charge in [-0.3, -0.25) is 10.1 Å². The molecular weight excluding hydrogens is 322 g/mol. The number of hydrogen-bond acceptors (Lipinski definition) is 3. The van der Waals surface area contributed by atoms with Gasteiger partial charge in [-0.2, -0.15) is 0 Å². The first-order valence-corrected chi connectivity index (χ1v) is 8.98. The van der Waals surface area contributed by atoms with Gasteiger partial charge >= 0.3 is 6.03 Å². The molecule has 0 fully saturated rings. The summed E-state index contributed by atoms with van der Waals surface area (Å²) in [5, 5.41) is 8.33. The quantitative estimate of drug-likeness (QED) is 0.871. The summed E-state index contributed by atoms with van der Waals surface area (Å²) in [4.78, 5) is 26.3. The van der Waals surface area contributed by atoms with E-state index < -0.39 is 0 Å². The summed E-state index contributed by atoms with van der Waals surface area (Å²) in [5.41, 5.74) is 2.75. The average molecular weight is 343 g/mol. The minimum atomic E-state index is -0.282. The Morgan fingerprint density at radius 2 is 2.04 bits per heavy atom. The predicted molar refractivity (Wildman–Crippen MR) is 98.9 cm³/mol. The highest BCUT2D eigenvalue weighted by Gasteiger charge is 2.24. The molecule has 0 saturated carbocycles. The van der Waals surface area contributed by atoms with Crippen LogP contribution in [-0.2, 0) is 11.2 Å². The Morgan fingerprint density at radius 1 is 1.21 bits per heavy atom. The first-order valence-electron chi connectivity index (χ1n) is 8.10. The van der Waals surface area contributed by atoms with Crippen LogP contribution in [0.3, 0.4) is 0 Å². The molecule has 0 aliphatic carbocycles. The van der Waals surface area contributed by atoms with E-state index in [0.29, 0.717) is 5.69 Å². The molecule has 1 aliphatic heterocycles. The van der Waals surface area contributed by atoms with E-state index in [0.717, 1.165) is 35.6 Å². The van der Waals surface area contributed by atoms with E-state index >= 15 is 0 Å². The first kappa shape index (κ1) is 16.5. The molecule has 2 heterocycles. The molecule has 3 rings (SSSR count). The summed E-state index contributed by atoms with van der Waals surface area (Å²) in [7, 11) is 0. The van der Waals surface area contributed by atoms with Gasteiger partial charge in [-0.05, 0) is 48.1 Å². The lowest BCUT2D eigenvalue weighted by atomic mass is 9.99. The molecule has 0 bridgehead atoms. The number of thiophene rings is 1.